The molecule has 3 aromatic heterocycles. The normalized spacial score (nSPS) is 16.1. The van der Waals surface area contributed by atoms with E-state index in [9.17, 15) is 8.42 Å². The van der Waals surface area contributed by atoms with Crippen LogP contribution in [0.25, 0.3) is 11.2 Å². The largest absolute Gasteiger partial charge is 0.384 e. The first-order chi connectivity index (χ1) is 13.1. The van der Waals surface area contributed by atoms with Crippen LogP contribution < -0.4 is 10.5 Å². The van der Waals surface area contributed by atoms with Crippen LogP contribution >= 0.6 is 11.3 Å². The molecule has 0 spiro atoms. The number of anilines is 1. The van der Waals surface area contributed by atoms with Crippen LogP contribution in [0.4, 0.5) is 5.82 Å². The third kappa shape index (κ3) is 3.56. The number of nitrogen functional groups attached to an aromatic ring is 1. The Morgan fingerprint density at radius 2 is 1.93 bits per heavy atom. The van der Waals surface area contributed by atoms with Gasteiger partial charge in [-0.15, -0.1) is 11.3 Å². The molecule has 4 rings (SSSR count). The van der Waals surface area contributed by atoms with Crippen LogP contribution in [-0.2, 0) is 16.4 Å². The molecule has 0 saturated heterocycles. The Morgan fingerprint density at radius 1 is 1.15 bits per heavy atom. The summed E-state index contributed by atoms with van der Waals surface area (Å²) in [5.74, 6) is 0.227. The molecule has 1 aliphatic carbocycles. The molecule has 0 atom stereocenters. The lowest BCUT2D eigenvalue weighted by molar-refractivity contribution is 0.362. The first-order valence-corrected chi connectivity index (χ1v) is 11.4. The minimum Gasteiger partial charge on any atom is -0.384 e. The molecule has 3 aromatic rings. The van der Waals surface area contributed by atoms with Crippen molar-refractivity contribution in [3.05, 3.63) is 29.0 Å². The van der Waals surface area contributed by atoms with Gasteiger partial charge in [0.2, 0.25) is 10.0 Å². The quantitative estimate of drug-likeness (QED) is 0.650. The molecule has 3 heterocycles. The number of hydrogen-bond acceptors (Lipinski definition) is 7. The fourth-order valence-corrected chi connectivity index (χ4v) is 5.63. The van der Waals surface area contributed by atoms with Crippen LogP contribution in [0.1, 0.15) is 43.2 Å². The molecule has 27 heavy (non-hydrogen) atoms. The Kier molecular flexibility index (Phi) is 5.11. The van der Waals surface area contributed by atoms with E-state index in [4.69, 9.17) is 5.73 Å². The minimum atomic E-state index is -3.81. The van der Waals surface area contributed by atoms with Gasteiger partial charge in [0.25, 0.3) is 0 Å². The molecule has 1 aliphatic rings. The molecule has 8 nitrogen and oxygen atoms in total. The van der Waals surface area contributed by atoms with Gasteiger partial charge in [0.1, 0.15) is 11.3 Å². The summed E-state index contributed by atoms with van der Waals surface area (Å²) < 4.78 is 30.5. The predicted molar refractivity (Wildman–Crippen MR) is 105 cm³/mol. The van der Waals surface area contributed by atoms with Crippen molar-refractivity contribution < 1.29 is 8.42 Å². The SMILES string of the molecule is Nc1c(S(=O)(=O)NCCc2nccs2)c2nccnc2n1C1CCCCC1. The van der Waals surface area contributed by atoms with Gasteiger partial charge in [-0.05, 0) is 12.8 Å². The van der Waals surface area contributed by atoms with Crippen molar-refractivity contribution in [1.29, 1.82) is 0 Å². The van der Waals surface area contributed by atoms with Gasteiger partial charge in [-0.2, -0.15) is 0 Å². The predicted octanol–water partition coefficient (Wildman–Crippen LogP) is 2.50. The van der Waals surface area contributed by atoms with Crippen molar-refractivity contribution in [2.75, 3.05) is 12.3 Å². The Bertz CT molecular complexity index is 1020. The molecule has 1 saturated carbocycles. The number of fused-ring (bicyclic) bond motifs is 1. The van der Waals surface area contributed by atoms with Crippen LogP contribution in [0.2, 0.25) is 0 Å². The summed E-state index contributed by atoms with van der Waals surface area (Å²) in [5.41, 5.74) is 7.23. The Hall–Kier alpha value is -2.04. The number of sulfonamides is 1. The van der Waals surface area contributed by atoms with Gasteiger partial charge in [0.05, 0.1) is 5.01 Å². The molecule has 0 bridgehead atoms. The van der Waals surface area contributed by atoms with Gasteiger partial charge in [0.15, 0.2) is 10.5 Å². The van der Waals surface area contributed by atoms with Crippen molar-refractivity contribution >= 4 is 38.3 Å². The van der Waals surface area contributed by atoms with Crippen LogP contribution in [0.3, 0.4) is 0 Å². The van der Waals surface area contributed by atoms with E-state index >= 15 is 0 Å². The summed E-state index contributed by atoms with van der Waals surface area (Å²) in [6, 6.07) is 0.164. The third-order valence-corrected chi connectivity index (χ3v) is 7.30. The average Bonchev–Trinajstić information content (AvgIpc) is 3.27. The zero-order valence-corrected chi connectivity index (χ0v) is 16.5. The van der Waals surface area contributed by atoms with E-state index in [1.54, 1.807) is 12.4 Å². The van der Waals surface area contributed by atoms with Crippen molar-refractivity contribution in [2.45, 2.75) is 49.5 Å². The van der Waals surface area contributed by atoms with E-state index < -0.39 is 10.0 Å². The molecule has 0 radical (unpaired) electrons. The summed E-state index contributed by atoms with van der Waals surface area (Å²) in [4.78, 5) is 12.9. The Morgan fingerprint density at radius 3 is 2.67 bits per heavy atom. The number of hydrogen-bond donors (Lipinski definition) is 2. The summed E-state index contributed by atoms with van der Waals surface area (Å²) in [6.45, 7) is 0.256. The molecule has 0 unspecified atom stereocenters. The topological polar surface area (TPSA) is 116 Å². The standard InChI is InChI=1S/C17H22N6O2S2/c18-16-15(27(24,25)22-7-6-13-19-10-11-26-13)14-17(21-9-8-20-14)23(16)12-4-2-1-3-5-12/h8-12,22H,1-7,18H2. The van der Waals surface area contributed by atoms with Crippen LogP contribution in [0.5, 0.6) is 0 Å². The zero-order valence-electron chi connectivity index (χ0n) is 14.8. The Labute approximate surface area is 161 Å². The first kappa shape index (κ1) is 18.3. The van der Waals surface area contributed by atoms with Crippen molar-refractivity contribution in [3.63, 3.8) is 0 Å². The fraction of sp³-hybridized carbons (Fsp3) is 0.471. The van der Waals surface area contributed by atoms with Gasteiger partial charge < -0.3 is 10.3 Å². The number of nitrogens with zero attached hydrogens (tertiary/aromatic N) is 4. The van der Waals surface area contributed by atoms with Gasteiger partial charge in [-0.3, -0.25) is 0 Å². The number of nitrogens with one attached hydrogen (secondary N) is 1. The third-order valence-electron chi connectivity index (χ3n) is 4.94. The smallest absolute Gasteiger partial charge is 0.246 e. The first-order valence-electron chi connectivity index (χ1n) is 9.06. The second kappa shape index (κ2) is 7.53. The van der Waals surface area contributed by atoms with Crippen LogP contribution in [-0.4, -0.2) is 34.5 Å². The molecule has 144 valence electrons. The van der Waals surface area contributed by atoms with Crippen LogP contribution in [0, 0.1) is 0 Å². The fourth-order valence-electron chi connectivity index (χ4n) is 3.73. The van der Waals surface area contributed by atoms with E-state index in [1.807, 2.05) is 9.95 Å². The van der Waals surface area contributed by atoms with Gasteiger partial charge in [0, 0.05) is 43.0 Å². The second-order valence-electron chi connectivity index (χ2n) is 6.68. The van der Waals surface area contributed by atoms with Crippen molar-refractivity contribution in [2.24, 2.45) is 0 Å². The van der Waals surface area contributed by atoms with Crippen molar-refractivity contribution in [3.8, 4) is 0 Å². The molecular formula is C17H22N6O2S2. The lowest BCUT2D eigenvalue weighted by atomic mass is 9.95. The molecule has 0 aliphatic heterocycles. The van der Waals surface area contributed by atoms with E-state index in [-0.39, 0.29) is 23.3 Å². The molecule has 0 amide bonds. The Balaban J connectivity index is 1.69. The number of thiazole rings is 1. The van der Waals surface area contributed by atoms with Gasteiger partial charge in [-0.1, -0.05) is 19.3 Å². The van der Waals surface area contributed by atoms with E-state index in [1.165, 1.54) is 24.0 Å². The maximum Gasteiger partial charge on any atom is 0.246 e. The molecule has 3 N–H and O–H groups in total. The highest BCUT2D eigenvalue weighted by molar-refractivity contribution is 7.89. The van der Waals surface area contributed by atoms with Crippen LogP contribution in [0.15, 0.2) is 28.9 Å². The zero-order chi connectivity index (χ0) is 18.9. The maximum atomic E-state index is 13.0. The van der Waals surface area contributed by atoms with Gasteiger partial charge >= 0.3 is 0 Å². The van der Waals surface area contributed by atoms with Crippen molar-refractivity contribution in [1.82, 2.24) is 24.2 Å². The monoisotopic (exact) mass is 406 g/mol. The minimum absolute atomic E-state index is 0.0373. The van der Waals surface area contributed by atoms with E-state index in [2.05, 4.69) is 19.7 Å². The molecular weight excluding hydrogens is 384 g/mol. The number of aromatic nitrogens is 4. The maximum absolute atomic E-state index is 13.0. The highest BCUT2D eigenvalue weighted by Crippen LogP contribution is 2.37. The average molecular weight is 407 g/mol. The highest BCUT2D eigenvalue weighted by Gasteiger charge is 2.30. The van der Waals surface area contributed by atoms with E-state index in [0.29, 0.717) is 17.6 Å². The summed E-state index contributed by atoms with van der Waals surface area (Å²) in [5, 5.41) is 2.75. The summed E-state index contributed by atoms with van der Waals surface area (Å²) in [7, 11) is -3.81. The summed E-state index contributed by atoms with van der Waals surface area (Å²) in [6.07, 6.45) is 10.7. The molecule has 10 heteroatoms. The molecule has 0 aromatic carbocycles. The second-order valence-corrected chi connectivity index (χ2v) is 9.36. The highest BCUT2D eigenvalue weighted by atomic mass is 32.2. The van der Waals surface area contributed by atoms with Gasteiger partial charge in [-0.25, -0.2) is 28.1 Å². The number of nitrogens with two attached hydrogens (primary N) is 1. The number of rotatable bonds is 6. The summed E-state index contributed by atoms with van der Waals surface area (Å²) >= 11 is 1.50. The van der Waals surface area contributed by atoms with E-state index in [0.717, 1.165) is 30.7 Å². The molecule has 1 fully saturated rings. The lowest BCUT2D eigenvalue weighted by Crippen LogP contribution is -2.27. The lowest BCUT2D eigenvalue weighted by Gasteiger charge is -2.24.